The summed E-state index contributed by atoms with van der Waals surface area (Å²) in [5.74, 6) is 2.62. The molecule has 1 heterocycles. The summed E-state index contributed by atoms with van der Waals surface area (Å²) >= 11 is 0. The van der Waals surface area contributed by atoms with Crippen LogP contribution in [0, 0.1) is 12.3 Å². The summed E-state index contributed by atoms with van der Waals surface area (Å²) in [6.07, 6.45) is 6.79. The molecule has 0 N–H and O–H groups in total. The molecule has 10 heavy (non-hydrogen) atoms. The van der Waals surface area contributed by atoms with Crippen molar-refractivity contribution in [2.75, 3.05) is 0 Å². The van der Waals surface area contributed by atoms with Gasteiger partial charge in [-0.2, -0.15) is 0 Å². The van der Waals surface area contributed by atoms with Gasteiger partial charge in [0.2, 0.25) is 0 Å². The van der Waals surface area contributed by atoms with Gasteiger partial charge in [0.1, 0.15) is 12.0 Å². The van der Waals surface area contributed by atoms with Gasteiger partial charge in [-0.3, -0.25) is 0 Å². The fourth-order valence-electron chi connectivity index (χ4n) is 0.609. The Morgan fingerprint density at radius 1 is 1.70 bits per heavy atom. The first-order chi connectivity index (χ1) is 4.67. The Bertz CT molecular complexity index is 241. The molecule has 0 aliphatic carbocycles. The highest BCUT2D eigenvalue weighted by Crippen LogP contribution is 2.18. The Labute approximate surface area is 60.2 Å². The van der Waals surface area contributed by atoms with Gasteiger partial charge in [-0.25, -0.2) is 0 Å². The van der Waals surface area contributed by atoms with Gasteiger partial charge in [0.05, 0.1) is 5.41 Å². The summed E-state index contributed by atoms with van der Waals surface area (Å²) in [7, 11) is 0. The fraction of sp³-hybridized carbons (Fsp3) is 0.375. The van der Waals surface area contributed by atoms with Crippen LogP contribution in [0.2, 0.25) is 0 Å². The highest BCUT2D eigenvalue weighted by Gasteiger charge is 2.19. The Balaban J connectivity index is 2.99. The smallest absolute Gasteiger partial charge is 0.124 e. The number of nitrogens with zero attached hydrogens (tertiary/aromatic N) is 1. The second-order valence-electron chi connectivity index (χ2n) is 2.65. The average molecular weight is 135 g/mol. The third kappa shape index (κ3) is 1.03. The summed E-state index contributed by atoms with van der Waals surface area (Å²) in [5.41, 5.74) is 0.488. The third-order valence-corrected chi connectivity index (χ3v) is 1.44. The van der Waals surface area contributed by atoms with E-state index in [2.05, 4.69) is 15.6 Å². The third-order valence-electron chi connectivity index (χ3n) is 1.44. The van der Waals surface area contributed by atoms with E-state index in [-0.39, 0.29) is 5.41 Å². The van der Waals surface area contributed by atoms with Gasteiger partial charge in [-0.1, -0.05) is 11.1 Å². The normalized spacial score (nSPS) is 10.9. The minimum atomic E-state index is -0.312. The van der Waals surface area contributed by atoms with Crippen molar-refractivity contribution >= 4 is 0 Å². The van der Waals surface area contributed by atoms with E-state index >= 15 is 0 Å². The van der Waals surface area contributed by atoms with E-state index in [1.54, 1.807) is 6.07 Å². The molecule has 1 rings (SSSR count). The predicted molar refractivity (Wildman–Crippen MR) is 38.4 cm³/mol. The zero-order valence-corrected chi connectivity index (χ0v) is 6.09. The van der Waals surface area contributed by atoms with Crippen LogP contribution in [0.4, 0.5) is 0 Å². The van der Waals surface area contributed by atoms with Crippen molar-refractivity contribution in [1.82, 2.24) is 5.16 Å². The molecule has 0 fully saturated rings. The molecule has 0 unspecified atom stereocenters. The Hall–Kier alpha value is -1.23. The van der Waals surface area contributed by atoms with E-state index in [9.17, 15) is 0 Å². The first kappa shape index (κ1) is 6.88. The summed E-state index contributed by atoms with van der Waals surface area (Å²) < 4.78 is 4.66. The minimum Gasteiger partial charge on any atom is -0.364 e. The molecule has 0 aromatic carbocycles. The van der Waals surface area contributed by atoms with Gasteiger partial charge in [0, 0.05) is 6.07 Å². The van der Waals surface area contributed by atoms with E-state index in [0.29, 0.717) is 0 Å². The van der Waals surface area contributed by atoms with Crippen LogP contribution in [0.5, 0.6) is 0 Å². The quantitative estimate of drug-likeness (QED) is 0.546. The zero-order valence-electron chi connectivity index (χ0n) is 6.09. The first-order valence-corrected chi connectivity index (χ1v) is 3.05. The molecule has 0 bridgehead atoms. The van der Waals surface area contributed by atoms with Crippen molar-refractivity contribution < 1.29 is 4.52 Å². The van der Waals surface area contributed by atoms with Crippen LogP contribution in [0.25, 0.3) is 0 Å². The molecule has 0 aliphatic heterocycles. The molecule has 2 heteroatoms. The van der Waals surface area contributed by atoms with Gasteiger partial charge in [0.25, 0.3) is 0 Å². The lowest BCUT2D eigenvalue weighted by molar-refractivity contribution is 0.401. The van der Waals surface area contributed by atoms with Crippen molar-refractivity contribution in [1.29, 1.82) is 0 Å². The summed E-state index contributed by atoms with van der Waals surface area (Å²) in [5, 5.41) is 3.74. The highest BCUT2D eigenvalue weighted by molar-refractivity contribution is 5.23. The van der Waals surface area contributed by atoms with Crippen LogP contribution in [0.3, 0.4) is 0 Å². The van der Waals surface area contributed by atoms with Crippen molar-refractivity contribution in [3.63, 3.8) is 0 Å². The van der Waals surface area contributed by atoms with Crippen LogP contribution < -0.4 is 0 Å². The minimum absolute atomic E-state index is 0.312. The van der Waals surface area contributed by atoms with Gasteiger partial charge in [-0.05, 0) is 13.8 Å². The Morgan fingerprint density at radius 2 is 2.40 bits per heavy atom. The SMILES string of the molecule is C#CC(C)(C)c1ccon1. The Morgan fingerprint density at radius 3 is 2.80 bits per heavy atom. The summed E-state index contributed by atoms with van der Waals surface area (Å²) in [6, 6.07) is 1.78. The van der Waals surface area contributed by atoms with Gasteiger partial charge >= 0.3 is 0 Å². The molecule has 0 saturated heterocycles. The Kier molecular flexibility index (Phi) is 1.50. The number of hydrogen-bond donors (Lipinski definition) is 0. The van der Waals surface area contributed by atoms with Gasteiger partial charge < -0.3 is 4.52 Å². The molecule has 0 radical (unpaired) electrons. The molecule has 1 aromatic rings. The van der Waals surface area contributed by atoms with Crippen molar-refractivity contribution in [3.05, 3.63) is 18.0 Å². The topological polar surface area (TPSA) is 26.0 Å². The molecule has 0 atom stereocenters. The van der Waals surface area contributed by atoms with Crippen LogP contribution in [0.1, 0.15) is 19.5 Å². The molecule has 0 amide bonds. The molecule has 0 aliphatic rings. The van der Waals surface area contributed by atoms with Crippen LogP contribution in [-0.4, -0.2) is 5.16 Å². The lowest BCUT2D eigenvalue weighted by Crippen LogP contribution is -2.13. The van der Waals surface area contributed by atoms with E-state index in [4.69, 9.17) is 6.42 Å². The highest BCUT2D eigenvalue weighted by atomic mass is 16.5. The maximum absolute atomic E-state index is 5.27. The van der Waals surface area contributed by atoms with Crippen molar-refractivity contribution in [2.24, 2.45) is 0 Å². The van der Waals surface area contributed by atoms with E-state index in [0.717, 1.165) is 5.69 Å². The monoisotopic (exact) mass is 135 g/mol. The van der Waals surface area contributed by atoms with E-state index in [1.165, 1.54) is 6.26 Å². The lowest BCUT2D eigenvalue weighted by Gasteiger charge is -2.11. The molecule has 0 saturated carbocycles. The molecule has 2 nitrogen and oxygen atoms in total. The number of terminal acetylenes is 1. The predicted octanol–water partition coefficient (Wildman–Crippen LogP) is 1.59. The maximum atomic E-state index is 5.27. The number of hydrogen-bond acceptors (Lipinski definition) is 2. The molecular formula is C8H9NO. The summed E-state index contributed by atoms with van der Waals surface area (Å²) in [4.78, 5) is 0. The lowest BCUT2D eigenvalue weighted by atomic mass is 9.91. The standard InChI is InChI=1S/C8H9NO/c1-4-8(2,3)7-5-6-10-9-7/h1,5-6H,2-3H3. The second-order valence-corrected chi connectivity index (χ2v) is 2.65. The van der Waals surface area contributed by atoms with Crippen LogP contribution in [0.15, 0.2) is 16.9 Å². The van der Waals surface area contributed by atoms with Crippen LogP contribution >= 0.6 is 0 Å². The van der Waals surface area contributed by atoms with Crippen molar-refractivity contribution in [3.8, 4) is 12.3 Å². The molecule has 52 valence electrons. The first-order valence-electron chi connectivity index (χ1n) is 3.05. The van der Waals surface area contributed by atoms with E-state index < -0.39 is 0 Å². The molecular weight excluding hydrogens is 126 g/mol. The van der Waals surface area contributed by atoms with Gasteiger partial charge in [0.15, 0.2) is 0 Å². The van der Waals surface area contributed by atoms with Crippen LogP contribution in [-0.2, 0) is 5.41 Å². The largest absolute Gasteiger partial charge is 0.364 e. The maximum Gasteiger partial charge on any atom is 0.124 e. The summed E-state index contributed by atoms with van der Waals surface area (Å²) in [6.45, 7) is 3.84. The van der Waals surface area contributed by atoms with Gasteiger partial charge in [-0.15, -0.1) is 6.42 Å². The zero-order chi connectivity index (χ0) is 7.61. The number of rotatable bonds is 1. The molecule has 0 spiro atoms. The van der Waals surface area contributed by atoms with E-state index in [1.807, 2.05) is 13.8 Å². The number of aromatic nitrogens is 1. The fourth-order valence-corrected chi connectivity index (χ4v) is 0.609. The second kappa shape index (κ2) is 2.18. The average Bonchev–Trinajstić information content (AvgIpc) is 2.38. The van der Waals surface area contributed by atoms with Crippen molar-refractivity contribution in [2.45, 2.75) is 19.3 Å². The molecule has 1 aromatic heterocycles.